The van der Waals surface area contributed by atoms with Gasteiger partial charge in [0, 0.05) is 6.07 Å². The van der Waals surface area contributed by atoms with Crippen LogP contribution in [0.4, 0.5) is 30.7 Å². The number of carbonyl (C=O) groups excluding carboxylic acids is 2. The van der Waals surface area contributed by atoms with E-state index in [2.05, 4.69) is 14.2 Å². The molecule has 0 N–H and O–H groups in total. The first kappa shape index (κ1) is 20.5. The maximum Gasteiger partial charge on any atom is 0.460 e. The summed E-state index contributed by atoms with van der Waals surface area (Å²) in [5, 5.41) is 0. The van der Waals surface area contributed by atoms with Gasteiger partial charge in [0.25, 0.3) is 0 Å². The van der Waals surface area contributed by atoms with Gasteiger partial charge in [-0.1, -0.05) is 0 Å². The highest BCUT2D eigenvalue weighted by molar-refractivity contribution is 5.94. The van der Waals surface area contributed by atoms with E-state index >= 15 is 0 Å². The lowest BCUT2D eigenvalue weighted by atomic mass is 10.1. The fourth-order valence-electron chi connectivity index (χ4n) is 1.46. The molecule has 0 unspecified atom stereocenters. The van der Waals surface area contributed by atoms with Gasteiger partial charge in [-0.25, -0.2) is 9.59 Å². The van der Waals surface area contributed by atoms with E-state index < -0.39 is 41.3 Å². The Morgan fingerprint density at radius 3 is 1.96 bits per heavy atom. The van der Waals surface area contributed by atoms with E-state index in [1.165, 1.54) is 0 Å². The highest BCUT2D eigenvalue weighted by atomic mass is 19.4. The topological polar surface area (TPSA) is 61.8 Å². The van der Waals surface area contributed by atoms with Gasteiger partial charge in [0.05, 0.1) is 14.2 Å². The molecular formula is C13H9F7O5. The number of hydrogen-bond acceptors (Lipinski definition) is 5. The number of carbonyl (C=O) groups is 2. The lowest BCUT2D eigenvalue weighted by molar-refractivity contribution is -0.346. The lowest BCUT2D eigenvalue weighted by Crippen LogP contribution is -2.57. The molecule has 0 aliphatic heterocycles. The number of ether oxygens (including phenoxy) is 3. The molecule has 0 aromatic heterocycles. The van der Waals surface area contributed by atoms with Crippen molar-refractivity contribution in [3.63, 3.8) is 0 Å². The highest BCUT2D eigenvalue weighted by Gasteiger charge is 2.77. The van der Waals surface area contributed by atoms with Crippen LogP contribution >= 0.6 is 0 Å². The van der Waals surface area contributed by atoms with Gasteiger partial charge in [0.15, 0.2) is 0 Å². The summed E-state index contributed by atoms with van der Waals surface area (Å²) >= 11 is 0. The molecule has 5 nitrogen and oxygen atoms in total. The maximum atomic E-state index is 13.3. The average Bonchev–Trinajstić information content (AvgIpc) is 2.52. The fraction of sp³-hybridized carbons (Fsp3) is 0.385. The van der Waals surface area contributed by atoms with Gasteiger partial charge in [-0.05, 0) is 12.1 Å². The van der Waals surface area contributed by atoms with Crippen LogP contribution in [0.15, 0.2) is 18.2 Å². The minimum Gasteiger partial charge on any atom is -0.497 e. The molecule has 0 spiro atoms. The third-order valence-electron chi connectivity index (χ3n) is 2.80. The van der Waals surface area contributed by atoms with Crippen LogP contribution in [0.3, 0.4) is 0 Å². The molecule has 0 bridgehead atoms. The van der Waals surface area contributed by atoms with Crippen LogP contribution in [-0.2, 0) is 9.53 Å². The van der Waals surface area contributed by atoms with Crippen molar-refractivity contribution in [1.29, 1.82) is 0 Å². The van der Waals surface area contributed by atoms with Crippen molar-refractivity contribution in [3.8, 4) is 11.5 Å². The molecular weight excluding hydrogens is 369 g/mol. The third kappa shape index (κ3) is 3.77. The van der Waals surface area contributed by atoms with Crippen molar-refractivity contribution >= 4 is 11.9 Å². The fourth-order valence-corrected chi connectivity index (χ4v) is 1.46. The molecule has 12 heteroatoms. The van der Waals surface area contributed by atoms with E-state index in [4.69, 9.17) is 0 Å². The summed E-state index contributed by atoms with van der Waals surface area (Å²) in [7, 11) is 1.95. The Morgan fingerprint density at radius 2 is 1.52 bits per heavy atom. The minimum absolute atomic E-state index is 0.165. The molecule has 1 aromatic rings. The Hall–Kier alpha value is -2.53. The molecule has 0 saturated heterocycles. The molecule has 0 aliphatic carbocycles. The van der Waals surface area contributed by atoms with Crippen molar-refractivity contribution in [2.45, 2.75) is 18.0 Å². The molecule has 0 fully saturated rings. The molecule has 25 heavy (non-hydrogen) atoms. The number of halogens is 7. The zero-order valence-corrected chi connectivity index (χ0v) is 12.4. The summed E-state index contributed by atoms with van der Waals surface area (Å²) < 4.78 is 101. The Kier molecular flexibility index (Phi) is 5.55. The van der Waals surface area contributed by atoms with Crippen molar-refractivity contribution < 1.29 is 54.5 Å². The smallest absolute Gasteiger partial charge is 0.460 e. The second kappa shape index (κ2) is 6.76. The van der Waals surface area contributed by atoms with Gasteiger partial charge in [0.1, 0.15) is 17.1 Å². The first-order valence-corrected chi connectivity index (χ1v) is 6.10. The largest absolute Gasteiger partial charge is 0.497 e. The Morgan fingerprint density at radius 1 is 0.960 bits per heavy atom. The Labute approximate surface area is 135 Å². The van der Waals surface area contributed by atoms with E-state index in [1.807, 2.05) is 0 Å². The van der Waals surface area contributed by atoms with Crippen LogP contribution in [0.25, 0.3) is 0 Å². The maximum absolute atomic E-state index is 13.3. The summed E-state index contributed by atoms with van der Waals surface area (Å²) in [4.78, 5) is 22.7. The van der Waals surface area contributed by atoms with Crippen LogP contribution in [0, 0.1) is 0 Å². The third-order valence-corrected chi connectivity index (χ3v) is 2.80. The van der Waals surface area contributed by atoms with Gasteiger partial charge >= 0.3 is 30.0 Å². The molecule has 1 aromatic carbocycles. The van der Waals surface area contributed by atoms with E-state index in [9.17, 15) is 40.3 Å². The van der Waals surface area contributed by atoms with Crippen molar-refractivity contribution in [1.82, 2.24) is 0 Å². The first-order chi connectivity index (χ1) is 11.3. The quantitative estimate of drug-likeness (QED) is 0.447. The predicted octanol–water partition coefficient (Wildman–Crippen LogP) is 3.22. The van der Waals surface area contributed by atoms with Crippen LogP contribution in [0.5, 0.6) is 11.5 Å². The van der Waals surface area contributed by atoms with Crippen LogP contribution in [-0.4, -0.2) is 44.2 Å². The number of rotatable bonds is 5. The molecule has 0 saturated carbocycles. The van der Waals surface area contributed by atoms with Gasteiger partial charge < -0.3 is 14.2 Å². The van der Waals surface area contributed by atoms with E-state index in [0.717, 1.165) is 26.4 Å². The summed E-state index contributed by atoms with van der Waals surface area (Å²) in [6, 6.07) is 2.63. The molecule has 1 rings (SSSR count). The van der Waals surface area contributed by atoms with Crippen LogP contribution in [0.2, 0.25) is 0 Å². The number of esters is 2. The van der Waals surface area contributed by atoms with Gasteiger partial charge in [-0.2, -0.15) is 30.7 Å². The lowest BCUT2D eigenvalue weighted by Gasteiger charge is -2.26. The average molecular weight is 378 g/mol. The van der Waals surface area contributed by atoms with Crippen molar-refractivity contribution in [2.24, 2.45) is 0 Å². The van der Waals surface area contributed by atoms with E-state index in [1.54, 1.807) is 0 Å². The summed E-state index contributed by atoms with van der Waals surface area (Å²) in [6.07, 6.45) is -6.71. The number of hydrogen-bond donors (Lipinski definition) is 0. The first-order valence-electron chi connectivity index (χ1n) is 6.10. The van der Waals surface area contributed by atoms with Gasteiger partial charge in [-0.15, -0.1) is 0 Å². The van der Waals surface area contributed by atoms with Crippen LogP contribution < -0.4 is 9.47 Å². The van der Waals surface area contributed by atoms with Crippen molar-refractivity contribution in [3.05, 3.63) is 23.8 Å². The summed E-state index contributed by atoms with van der Waals surface area (Å²) in [5.74, 6) is -18.6. The molecule has 140 valence electrons. The minimum atomic E-state index is -6.71. The number of alkyl halides is 7. The molecule has 0 aliphatic rings. The van der Waals surface area contributed by atoms with Gasteiger partial charge in [0.2, 0.25) is 0 Å². The van der Waals surface area contributed by atoms with Crippen molar-refractivity contribution in [2.75, 3.05) is 14.2 Å². The van der Waals surface area contributed by atoms with Gasteiger partial charge in [-0.3, -0.25) is 0 Å². The highest BCUT2D eigenvalue weighted by Crippen LogP contribution is 2.47. The normalized spacial score (nSPS) is 12.5. The molecule has 0 atom stereocenters. The standard InChI is InChI=1S/C13H9F7O5/c1-23-6-3-4-7(9(21)24-2)8(5-6)25-10(22)11(14,15)12(16,17)13(18,19)20/h3-5H,1-2H3. The number of methoxy groups -OCH3 is 2. The second-order valence-electron chi connectivity index (χ2n) is 4.39. The molecule has 0 heterocycles. The Balaban J connectivity index is 3.29. The summed E-state index contributed by atoms with van der Waals surface area (Å²) in [5.41, 5.74) is -0.678. The SMILES string of the molecule is COC(=O)c1ccc(OC)cc1OC(=O)C(F)(F)C(F)(F)C(F)(F)F. The van der Waals surface area contributed by atoms with Crippen LogP contribution in [0.1, 0.15) is 10.4 Å². The van der Waals surface area contributed by atoms with E-state index in [0.29, 0.717) is 6.07 Å². The van der Waals surface area contributed by atoms with E-state index in [-0.39, 0.29) is 5.75 Å². The molecule has 0 radical (unpaired) electrons. The summed E-state index contributed by atoms with van der Waals surface area (Å²) in [6.45, 7) is 0. The monoisotopic (exact) mass is 378 g/mol. The zero-order valence-electron chi connectivity index (χ0n) is 12.4. The number of benzene rings is 1. The second-order valence-corrected chi connectivity index (χ2v) is 4.39. The Bertz CT molecular complexity index is 669. The molecule has 0 amide bonds. The zero-order chi connectivity index (χ0) is 19.6. The predicted molar refractivity (Wildman–Crippen MR) is 65.9 cm³/mol.